The summed E-state index contributed by atoms with van der Waals surface area (Å²) in [6.07, 6.45) is 5.44. The van der Waals surface area contributed by atoms with Crippen LogP contribution in [0.5, 0.6) is 0 Å². The molecular weight excluding hydrogens is 174 g/mol. The first-order chi connectivity index (χ1) is 6.46. The Hall–Kier alpha value is -0.530. The maximum absolute atomic E-state index is 11.1. The maximum Gasteiger partial charge on any atom is 0.217 e. The molecule has 0 aliphatic heterocycles. The van der Waals surface area contributed by atoms with Crippen molar-refractivity contribution in [2.24, 2.45) is 23.0 Å². The molecule has 1 fully saturated rings. The zero-order valence-electron chi connectivity index (χ0n) is 9.68. The predicted molar refractivity (Wildman–Crippen MR) is 58.7 cm³/mol. The van der Waals surface area contributed by atoms with Crippen LogP contribution in [0.25, 0.3) is 0 Å². The van der Waals surface area contributed by atoms with Crippen LogP contribution < -0.4 is 5.73 Å². The van der Waals surface area contributed by atoms with Gasteiger partial charge in [0.1, 0.15) is 0 Å². The molecule has 0 spiro atoms. The van der Waals surface area contributed by atoms with Crippen LogP contribution in [0.15, 0.2) is 0 Å². The summed E-state index contributed by atoms with van der Waals surface area (Å²) in [4.78, 5) is 11.1. The first-order valence-corrected chi connectivity index (χ1v) is 5.74. The average Bonchev–Trinajstić information content (AvgIpc) is 2.08. The lowest BCUT2D eigenvalue weighted by Gasteiger charge is -2.42. The maximum atomic E-state index is 11.1. The average molecular weight is 197 g/mol. The highest BCUT2D eigenvalue weighted by atomic mass is 16.1. The molecule has 0 aromatic heterocycles. The highest BCUT2D eigenvalue weighted by Crippen LogP contribution is 2.46. The molecule has 0 radical (unpaired) electrons. The second-order valence-corrected chi connectivity index (χ2v) is 5.34. The SMILES string of the molecule is CC1CCC(CC(N)=O)(C(C)C)CC1. The van der Waals surface area contributed by atoms with Gasteiger partial charge in [0, 0.05) is 6.42 Å². The van der Waals surface area contributed by atoms with E-state index in [9.17, 15) is 4.79 Å². The van der Waals surface area contributed by atoms with Gasteiger partial charge in [0.2, 0.25) is 5.91 Å². The summed E-state index contributed by atoms with van der Waals surface area (Å²) in [5, 5.41) is 0. The summed E-state index contributed by atoms with van der Waals surface area (Å²) in [6, 6.07) is 0. The predicted octanol–water partition coefficient (Wildman–Crippen LogP) is 2.71. The number of carbonyl (C=O) groups excluding carboxylic acids is 1. The number of nitrogens with two attached hydrogens (primary N) is 1. The van der Waals surface area contributed by atoms with Crippen molar-refractivity contribution in [3.05, 3.63) is 0 Å². The van der Waals surface area contributed by atoms with Crippen molar-refractivity contribution < 1.29 is 4.79 Å². The van der Waals surface area contributed by atoms with Crippen LogP contribution in [0.4, 0.5) is 0 Å². The van der Waals surface area contributed by atoms with Gasteiger partial charge in [0.25, 0.3) is 0 Å². The van der Waals surface area contributed by atoms with Gasteiger partial charge in [-0.1, -0.05) is 33.6 Å². The highest BCUT2D eigenvalue weighted by molar-refractivity contribution is 5.74. The molecule has 0 heterocycles. The topological polar surface area (TPSA) is 43.1 Å². The van der Waals surface area contributed by atoms with Crippen LogP contribution in [-0.2, 0) is 4.79 Å². The third kappa shape index (κ3) is 2.49. The van der Waals surface area contributed by atoms with E-state index < -0.39 is 0 Å². The van der Waals surface area contributed by atoms with Crippen molar-refractivity contribution in [1.29, 1.82) is 0 Å². The Kier molecular flexibility index (Phi) is 3.57. The molecule has 82 valence electrons. The number of carbonyl (C=O) groups is 1. The molecule has 0 unspecified atom stereocenters. The first-order valence-electron chi connectivity index (χ1n) is 5.74. The Labute approximate surface area is 87.2 Å². The Morgan fingerprint density at radius 3 is 2.29 bits per heavy atom. The van der Waals surface area contributed by atoms with Gasteiger partial charge in [0.15, 0.2) is 0 Å². The van der Waals surface area contributed by atoms with E-state index in [2.05, 4.69) is 20.8 Å². The molecular formula is C12H23NO. The molecule has 2 nitrogen and oxygen atoms in total. The molecule has 14 heavy (non-hydrogen) atoms. The molecule has 1 aliphatic rings. The second kappa shape index (κ2) is 4.33. The number of rotatable bonds is 3. The number of hydrogen-bond acceptors (Lipinski definition) is 1. The van der Waals surface area contributed by atoms with E-state index >= 15 is 0 Å². The molecule has 0 atom stereocenters. The van der Waals surface area contributed by atoms with Crippen LogP contribution in [0.3, 0.4) is 0 Å². The van der Waals surface area contributed by atoms with E-state index in [4.69, 9.17) is 5.73 Å². The normalized spacial score (nSPS) is 33.3. The van der Waals surface area contributed by atoms with Gasteiger partial charge < -0.3 is 5.73 Å². The fourth-order valence-electron chi connectivity index (χ4n) is 2.64. The summed E-state index contributed by atoms with van der Waals surface area (Å²) in [7, 11) is 0. The van der Waals surface area contributed by atoms with E-state index in [0.717, 1.165) is 5.92 Å². The van der Waals surface area contributed by atoms with Gasteiger partial charge in [-0.15, -0.1) is 0 Å². The monoisotopic (exact) mass is 197 g/mol. The molecule has 0 aromatic carbocycles. The van der Waals surface area contributed by atoms with E-state index in [-0.39, 0.29) is 11.3 Å². The molecule has 1 amide bonds. The van der Waals surface area contributed by atoms with Gasteiger partial charge in [-0.05, 0) is 30.1 Å². The van der Waals surface area contributed by atoms with Gasteiger partial charge in [-0.2, -0.15) is 0 Å². The summed E-state index contributed by atoms with van der Waals surface area (Å²) in [6.45, 7) is 6.74. The third-order valence-corrected chi connectivity index (χ3v) is 4.02. The van der Waals surface area contributed by atoms with Crippen LogP contribution in [-0.4, -0.2) is 5.91 Å². The number of amides is 1. The van der Waals surface area contributed by atoms with Crippen molar-refractivity contribution in [2.45, 2.75) is 52.9 Å². The summed E-state index contributed by atoms with van der Waals surface area (Å²) in [5.74, 6) is 1.27. The van der Waals surface area contributed by atoms with Crippen LogP contribution in [0, 0.1) is 17.3 Å². The fraction of sp³-hybridized carbons (Fsp3) is 0.917. The van der Waals surface area contributed by atoms with Gasteiger partial charge in [-0.25, -0.2) is 0 Å². The Morgan fingerprint density at radius 1 is 1.43 bits per heavy atom. The Balaban J connectivity index is 2.68. The summed E-state index contributed by atoms with van der Waals surface area (Å²) in [5.41, 5.74) is 5.55. The molecule has 1 saturated carbocycles. The van der Waals surface area contributed by atoms with Crippen molar-refractivity contribution in [3.8, 4) is 0 Å². The standard InChI is InChI=1S/C12H23NO/c1-9(2)12(8-11(13)14)6-4-10(3)5-7-12/h9-10H,4-8H2,1-3H3,(H2,13,14). The zero-order chi connectivity index (χ0) is 10.8. The minimum atomic E-state index is -0.131. The van der Waals surface area contributed by atoms with E-state index in [0.29, 0.717) is 12.3 Å². The fourth-order valence-corrected chi connectivity index (χ4v) is 2.64. The van der Waals surface area contributed by atoms with Crippen LogP contribution >= 0.6 is 0 Å². The number of primary amides is 1. The summed E-state index contributed by atoms with van der Waals surface area (Å²) >= 11 is 0. The lowest BCUT2D eigenvalue weighted by Crippen LogP contribution is -2.36. The lowest BCUT2D eigenvalue weighted by atomic mass is 9.63. The molecule has 0 bridgehead atoms. The van der Waals surface area contributed by atoms with Crippen LogP contribution in [0.2, 0.25) is 0 Å². The zero-order valence-corrected chi connectivity index (χ0v) is 9.68. The van der Waals surface area contributed by atoms with E-state index in [1.807, 2.05) is 0 Å². The Bertz CT molecular complexity index is 202. The largest absolute Gasteiger partial charge is 0.370 e. The second-order valence-electron chi connectivity index (χ2n) is 5.34. The quantitative estimate of drug-likeness (QED) is 0.742. The van der Waals surface area contributed by atoms with E-state index in [1.54, 1.807) is 0 Å². The van der Waals surface area contributed by atoms with Crippen molar-refractivity contribution >= 4 is 5.91 Å². The van der Waals surface area contributed by atoms with Gasteiger partial charge >= 0.3 is 0 Å². The van der Waals surface area contributed by atoms with Crippen molar-refractivity contribution in [2.75, 3.05) is 0 Å². The molecule has 1 aliphatic carbocycles. The summed E-state index contributed by atoms with van der Waals surface area (Å²) < 4.78 is 0. The van der Waals surface area contributed by atoms with E-state index in [1.165, 1.54) is 25.7 Å². The molecule has 0 aromatic rings. The molecule has 2 heteroatoms. The van der Waals surface area contributed by atoms with Gasteiger partial charge in [-0.3, -0.25) is 4.79 Å². The lowest BCUT2D eigenvalue weighted by molar-refractivity contribution is -0.122. The number of hydrogen-bond donors (Lipinski definition) is 1. The minimum absolute atomic E-state index is 0.131. The van der Waals surface area contributed by atoms with Gasteiger partial charge in [0.05, 0.1) is 0 Å². The first kappa shape index (κ1) is 11.5. The smallest absolute Gasteiger partial charge is 0.217 e. The van der Waals surface area contributed by atoms with Crippen LogP contribution in [0.1, 0.15) is 52.9 Å². The Morgan fingerprint density at radius 2 is 1.93 bits per heavy atom. The molecule has 1 rings (SSSR count). The van der Waals surface area contributed by atoms with Crippen molar-refractivity contribution in [3.63, 3.8) is 0 Å². The molecule has 2 N–H and O–H groups in total. The minimum Gasteiger partial charge on any atom is -0.370 e. The third-order valence-electron chi connectivity index (χ3n) is 4.02. The highest BCUT2D eigenvalue weighted by Gasteiger charge is 2.37. The molecule has 0 saturated heterocycles. The van der Waals surface area contributed by atoms with Crippen molar-refractivity contribution in [1.82, 2.24) is 0 Å².